The third-order valence-electron chi connectivity index (χ3n) is 6.58. The zero-order valence-electron chi connectivity index (χ0n) is 15.9. The summed E-state index contributed by atoms with van der Waals surface area (Å²) in [7, 11) is 1.82. The molecule has 1 aliphatic heterocycles. The molecule has 4 unspecified atom stereocenters. The smallest absolute Gasteiger partial charge is 0.157 e. The summed E-state index contributed by atoms with van der Waals surface area (Å²) >= 11 is 0. The van der Waals surface area contributed by atoms with Crippen molar-refractivity contribution in [2.24, 2.45) is 17.8 Å². The minimum atomic E-state index is -0.486. The molecule has 5 heteroatoms. The Balaban J connectivity index is 1.44. The SMILES string of the molecule is COC1CCC2CC(/C=C/C(=O)C[C@H]3C[C@@H](O)C[C@@H](CO)O3)CCC2C1. The van der Waals surface area contributed by atoms with Crippen LogP contribution < -0.4 is 0 Å². The fourth-order valence-electron chi connectivity index (χ4n) is 5.14. The summed E-state index contributed by atoms with van der Waals surface area (Å²) < 4.78 is 11.2. The van der Waals surface area contributed by atoms with E-state index in [0.29, 0.717) is 31.3 Å². The van der Waals surface area contributed by atoms with Crippen molar-refractivity contribution in [2.45, 2.75) is 82.2 Å². The van der Waals surface area contributed by atoms with Crippen molar-refractivity contribution in [2.75, 3.05) is 13.7 Å². The number of rotatable bonds is 6. The van der Waals surface area contributed by atoms with Gasteiger partial charge in [-0.1, -0.05) is 6.08 Å². The van der Waals surface area contributed by atoms with Crippen LogP contribution in [0.3, 0.4) is 0 Å². The molecule has 1 heterocycles. The Hall–Kier alpha value is -0.750. The van der Waals surface area contributed by atoms with Crippen molar-refractivity contribution < 1.29 is 24.5 Å². The Bertz CT molecular complexity index is 491. The van der Waals surface area contributed by atoms with E-state index < -0.39 is 6.10 Å². The van der Waals surface area contributed by atoms with Gasteiger partial charge >= 0.3 is 0 Å². The van der Waals surface area contributed by atoms with Gasteiger partial charge in [-0.25, -0.2) is 0 Å². The van der Waals surface area contributed by atoms with E-state index in [4.69, 9.17) is 9.47 Å². The fourth-order valence-corrected chi connectivity index (χ4v) is 5.14. The lowest BCUT2D eigenvalue weighted by Gasteiger charge is -2.41. The van der Waals surface area contributed by atoms with Crippen molar-refractivity contribution in [1.29, 1.82) is 0 Å². The Morgan fingerprint density at radius 1 is 1.08 bits per heavy atom. The lowest BCUT2D eigenvalue weighted by molar-refractivity contribution is -0.131. The minimum absolute atomic E-state index is 0.0611. The van der Waals surface area contributed by atoms with Gasteiger partial charge < -0.3 is 19.7 Å². The van der Waals surface area contributed by atoms with Crippen LogP contribution in [0.1, 0.15) is 57.8 Å². The second-order valence-corrected chi connectivity index (χ2v) is 8.48. The van der Waals surface area contributed by atoms with Crippen molar-refractivity contribution in [3.8, 4) is 0 Å². The summed E-state index contributed by atoms with van der Waals surface area (Å²) in [5.41, 5.74) is 0. The molecule has 2 aliphatic carbocycles. The van der Waals surface area contributed by atoms with E-state index in [-0.39, 0.29) is 24.6 Å². The number of fused-ring (bicyclic) bond motifs is 1. The number of aliphatic hydroxyl groups excluding tert-OH is 2. The van der Waals surface area contributed by atoms with E-state index in [1.807, 2.05) is 7.11 Å². The van der Waals surface area contributed by atoms with Gasteiger partial charge in [-0.2, -0.15) is 0 Å². The highest BCUT2D eigenvalue weighted by Gasteiger charge is 2.35. The van der Waals surface area contributed by atoms with Crippen LogP contribution in [0.2, 0.25) is 0 Å². The third-order valence-corrected chi connectivity index (χ3v) is 6.58. The molecule has 3 aliphatic rings. The van der Waals surface area contributed by atoms with E-state index in [2.05, 4.69) is 6.08 Å². The number of ether oxygens (including phenoxy) is 2. The van der Waals surface area contributed by atoms with Gasteiger partial charge in [0.15, 0.2) is 5.78 Å². The highest BCUT2D eigenvalue weighted by Crippen LogP contribution is 2.43. The van der Waals surface area contributed by atoms with Gasteiger partial charge in [0, 0.05) is 26.4 Å². The summed E-state index contributed by atoms with van der Waals surface area (Å²) in [6.45, 7) is -0.105. The molecule has 0 amide bonds. The summed E-state index contributed by atoms with van der Waals surface area (Å²) in [5, 5.41) is 19.1. The molecule has 0 radical (unpaired) electrons. The first-order valence-corrected chi connectivity index (χ1v) is 10.3. The average molecular weight is 366 g/mol. The van der Waals surface area contributed by atoms with E-state index in [9.17, 15) is 15.0 Å². The van der Waals surface area contributed by atoms with Crippen LogP contribution in [-0.4, -0.2) is 54.1 Å². The molecule has 5 nitrogen and oxygen atoms in total. The number of methoxy groups -OCH3 is 1. The third kappa shape index (κ3) is 5.38. The molecule has 7 atom stereocenters. The van der Waals surface area contributed by atoms with Crippen LogP contribution in [0, 0.1) is 17.8 Å². The maximum absolute atomic E-state index is 12.3. The van der Waals surface area contributed by atoms with E-state index in [0.717, 1.165) is 18.3 Å². The van der Waals surface area contributed by atoms with Crippen LogP contribution in [0.5, 0.6) is 0 Å². The lowest BCUT2D eigenvalue weighted by Crippen LogP contribution is -2.38. The van der Waals surface area contributed by atoms with Gasteiger partial charge in [0.25, 0.3) is 0 Å². The largest absolute Gasteiger partial charge is 0.394 e. The van der Waals surface area contributed by atoms with E-state index in [1.54, 1.807) is 6.08 Å². The number of hydrogen-bond donors (Lipinski definition) is 2. The Morgan fingerprint density at radius 3 is 2.58 bits per heavy atom. The molecular weight excluding hydrogens is 332 g/mol. The molecule has 2 saturated carbocycles. The summed E-state index contributed by atoms with van der Waals surface area (Å²) in [6, 6.07) is 0. The highest BCUT2D eigenvalue weighted by atomic mass is 16.5. The molecular formula is C21H34O5. The minimum Gasteiger partial charge on any atom is -0.394 e. The molecule has 3 fully saturated rings. The Kier molecular flexibility index (Phi) is 7.27. The van der Waals surface area contributed by atoms with Crippen molar-refractivity contribution >= 4 is 5.78 Å². The lowest BCUT2D eigenvalue weighted by atomic mass is 9.67. The second kappa shape index (κ2) is 9.45. The van der Waals surface area contributed by atoms with Gasteiger partial charge in [0.2, 0.25) is 0 Å². The number of aliphatic hydroxyl groups is 2. The van der Waals surface area contributed by atoms with Crippen molar-refractivity contribution in [3.05, 3.63) is 12.2 Å². The number of carbonyl (C=O) groups is 1. The molecule has 26 heavy (non-hydrogen) atoms. The van der Waals surface area contributed by atoms with Crippen LogP contribution in [-0.2, 0) is 14.3 Å². The molecule has 148 valence electrons. The molecule has 0 spiro atoms. The maximum atomic E-state index is 12.3. The molecule has 0 aromatic heterocycles. The van der Waals surface area contributed by atoms with Crippen LogP contribution in [0.25, 0.3) is 0 Å². The quantitative estimate of drug-likeness (QED) is 0.707. The normalized spacial score (nSPS) is 41.1. The summed E-state index contributed by atoms with van der Waals surface area (Å²) in [6.07, 6.45) is 11.6. The van der Waals surface area contributed by atoms with Crippen LogP contribution in [0.4, 0.5) is 0 Å². The first-order chi connectivity index (χ1) is 12.6. The molecule has 3 rings (SSSR count). The predicted molar refractivity (Wildman–Crippen MR) is 98.7 cm³/mol. The number of ketones is 1. The number of hydrogen-bond acceptors (Lipinski definition) is 5. The van der Waals surface area contributed by atoms with Crippen molar-refractivity contribution in [1.82, 2.24) is 0 Å². The van der Waals surface area contributed by atoms with Gasteiger partial charge in [-0.15, -0.1) is 0 Å². The highest BCUT2D eigenvalue weighted by molar-refractivity contribution is 5.90. The first-order valence-electron chi connectivity index (χ1n) is 10.3. The van der Waals surface area contributed by atoms with Crippen LogP contribution >= 0.6 is 0 Å². The fraction of sp³-hybridized carbons (Fsp3) is 0.857. The molecule has 0 aromatic carbocycles. The zero-order chi connectivity index (χ0) is 18.5. The number of allylic oxidation sites excluding steroid dienone is 2. The summed E-state index contributed by atoms with van der Waals surface area (Å²) in [4.78, 5) is 12.3. The Morgan fingerprint density at radius 2 is 1.81 bits per heavy atom. The average Bonchev–Trinajstić information content (AvgIpc) is 2.65. The van der Waals surface area contributed by atoms with Gasteiger partial charge in [0.1, 0.15) is 0 Å². The number of carbonyl (C=O) groups excluding carboxylic acids is 1. The van der Waals surface area contributed by atoms with Gasteiger partial charge in [0.05, 0.1) is 31.0 Å². The summed E-state index contributed by atoms with van der Waals surface area (Å²) in [5.74, 6) is 2.14. The van der Waals surface area contributed by atoms with Crippen LogP contribution in [0.15, 0.2) is 12.2 Å². The Labute approximate surface area is 156 Å². The predicted octanol–water partition coefficient (Wildman–Crippen LogP) is 2.63. The maximum Gasteiger partial charge on any atom is 0.157 e. The second-order valence-electron chi connectivity index (χ2n) is 8.48. The standard InChI is InChI=1S/C21H34O5/c1-25-19-7-5-15-8-14(2-4-16(15)9-19)3-6-17(23)10-20-11-18(24)12-21(13-22)26-20/h3,6,14-16,18-22,24H,2,4-5,7-13H2,1H3/b6-3+/t14?,15?,16?,18-,19?,20+,21+/m1/s1. The van der Waals surface area contributed by atoms with Gasteiger partial charge in [-0.05, 0) is 62.4 Å². The first kappa shape index (κ1) is 20.0. The van der Waals surface area contributed by atoms with Gasteiger partial charge in [-0.3, -0.25) is 4.79 Å². The molecule has 1 saturated heterocycles. The monoisotopic (exact) mass is 366 g/mol. The molecule has 0 aromatic rings. The van der Waals surface area contributed by atoms with E-state index >= 15 is 0 Å². The molecule has 2 N–H and O–H groups in total. The van der Waals surface area contributed by atoms with E-state index in [1.165, 1.54) is 32.1 Å². The van der Waals surface area contributed by atoms with Crippen molar-refractivity contribution in [3.63, 3.8) is 0 Å². The zero-order valence-corrected chi connectivity index (χ0v) is 15.9. The topological polar surface area (TPSA) is 76.0 Å². The molecule has 0 bridgehead atoms.